The van der Waals surface area contributed by atoms with Gasteiger partial charge < -0.3 is 9.52 Å². The van der Waals surface area contributed by atoms with Crippen LogP contribution < -0.4 is 0 Å². The minimum atomic E-state index is 0.00981. The Labute approximate surface area is 67.7 Å². The van der Waals surface area contributed by atoms with Gasteiger partial charge in [0, 0.05) is 6.07 Å². The molecule has 0 saturated carbocycles. The maximum Gasteiger partial charge on any atom is 0.301 e. The zero-order valence-electron chi connectivity index (χ0n) is 5.98. The highest BCUT2D eigenvalue weighted by Crippen LogP contribution is 2.19. The highest BCUT2D eigenvalue weighted by molar-refractivity contribution is 5.74. The second-order valence-corrected chi connectivity index (χ2v) is 2.28. The van der Waals surface area contributed by atoms with Gasteiger partial charge in [-0.2, -0.15) is 10.2 Å². The first-order valence-corrected chi connectivity index (χ1v) is 3.29. The molecule has 0 fully saturated rings. The van der Waals surface area contributed by atoms with Crippen LogP contribution >= 0.6 is 0 Å². The molecule has 2 rings (SSSR count). The topological polar surface area (TPSA) is 70.0 Å². The summed E-state index contributed by atoms with van der Waals surface area (Å²) in [5.74, 6) is 0.121. The SMILES string of the molecule is N#Cc1nc2cc(O)ccc2o1. The lowest BCUT2D eigenvalue weighted by atomic mass is 10.3. The molecule has 1 aromatic carbocycles. The Morgan fingerprint density at radius 1 is 1.50 bits per heavy atom. The lowest BCUT2D eigenvalue weighted by Gasteiger charge is -1.86. The van der Waals surface area contributed by atoms with Gasteiger partial charge in [-0.05, 0) is 12.1 Å². The van der Waals surface area contributed by atoms with E-state index in [4.69, 9.17) is 14.8 Å². The van der Waals surface area contributed by atoms with Gasteiger partial charge in [0.25, 0.3) is 0 Å². The molecular formula is C8H4N2O2. The van der Waals surface area contributed by atoms with Gasteiger partial charge in [0.2, 0.25) is 0 Å². The second kappa shape index (κ2) is 2.24. The Morgan fingerprint density at radius 2 is 2.33 bits per heavy atom. The van der Waals surface area contributed by atoms with Crippen molar-refractivity contribution < 1.29 is 9.52 Å². The number of nitriles is 1. The molecule has 58 valence electrons. The number of aromatic nitrogens is 1. The number of hydrogen-bond donors (Lipinski definition) is 1. The fourth-order valence-corrected chi connectivity index (χ4v) is 0.964. The van der Waals surface area contributed by atoms with Crippen LogP contribution in [0.1, 0.15) is 5.89 Å². The molecule has 2 aromatic rings. The van der Waals surface area contributed by atoms with E-state index in [0.717, 1.165) is 0 Å². The average molecular weight is 160 g/mol. The zero-order valence-corrected chi connectivity index (χ0v) is 5.98. The molecule has 0 aliphatic carbocycles. The number of phenols is 1. The number of hydrogen-bond acceptors (Lipinski definition) is 4. The lowest BCUT2D eigenvalue weighted by molar-refractivity contribution is 0.476. The summed E-state index contributed by atoms with van der Waals surface area (Å²) in [6.45, 7) is 0. The van der Waals surface area contributed by atoms with Gasteiger partial charge in [-0.15, -0.1) is 0 Å². The molecule has 1 aromatic heterocycles. The third-order valence-electron chi connectivity index (χ3n) is 1.47. The van der Waals surface area contributed by atoms with Gasteiger partial charge in [-0.3, -0.25) is 0 Å². The molecule has 0 bridgehead atoms. The Balaban J connectivity index is 2.77. The van der Waals surface area contributed by atoms with Crippen LogP contribution in [-0.4, -0.2) is 10.1 Å². The molecule has 4 heteroatoms. The summed E-state index contributed by atoms with van der Waals surface area (Å²) in [6, 6.07) is 6.27. The van der Waals surface area contributed by atoms with Gasteiger partial charge in [0.05, 0.1) is 0 Å². The van der Waals surface area contributed by atoms with E-state index in [2.05, 4.69) is 4.98 Å². The molecule has 0 atom stereocenters. The van der Waals surface area contributed by atoms with Gasteiger partial charge in [-0.1, -0.05) is 0 Å². The van der Waals surface area contributed by atoms with Crippen molar-refractivity contribution >= 4 is 11.1 Å². The van der Waals surface area contributed by atoms with Crippen LogP contribution in [0.4, 0.5) is 0 Å². The summed E-state index contributed by atoms with van der Waals surface area (Å²) >= 11 is 0. The summed E-state index contributed by atoms with van der Waals surface area (Å²) < 4.78 is 4.99. The highest BCUT2D eigenvalue weighted by atomic mass is 16.3. The van der Waals surface area contributed by atoms with E-state index in [-0.39, 0.29) is 11.6 Å². The number of benzene rings is 1. The molecule has 1 N–H and O–H groups in total. The molecule has 0 radical (unpaired) electrons. The van der Waals surface area contributed by atoms with Gasteiger partial charge >= 0.3 is 5.89 Å². The number of phenolic OH excluding ortho intramolecular Hbond substituents is 1. The lowest BCUT2D eigenvalue weighted by Crippen LogP contribution is -1.69. The van der Waals surface area contributed by atoms with Crippen LogP contribution in [0, 0.1) is 11.3 Å². The van der Waals surface area contributed by atoms with Crippen molar-refractivity contribution in [1.29, 1.82) is 5.26 Å². The maximum absolute atomic E-state index is 9.05. The fraction of sp³-hybridized carbons (Fsp3) is 0. The molecule has 12 heavy (non-hydrogen) atoms. The largest absolute Gasteiger partial charge is 0.508 e. The molecule has 4 nitrogen and oxygen atoms in total. The van der Waals surface area contributed by atoms with Crippen molar-refractivity contribution in [2.24, 2.45) is 0 Å². The van der Waals surface area contributed by atoms with Crippen LogP contribution in [0.15, 0.2) is 22.6 Å². The van der Waals surface area contributed by atoms with Crippen LogP contribution in [-0.2, 0) is 0 Å². The van der Waals surface area contributed by atoms with Gasteiger partial charge in [0.1, 0.15) is 11.3 Å². The first-order valence-electron chi connectivity index (χ1n) is 3.29. The Kier molecular flexibility index (Phi) is 1.25. The zero-order chi connectivity index (χ0) is 8.55. The predicted molar refractivity (Wildman–Crippen MR) is 40.4 cm³/mol. The van der Waals surface area contributed by atoms with E-state index >= 15 is 0 Å². The van der Waals surface area contributed by atoms with Gasteiger partial charge in [-0.25, -0.2) is 0 Å². The third-order valence-corrected chi connectivity index (χ3v) is 1.47. The van der Waals surface area contributed by atoms with Crippen molar-refractivity contribution in [3.8, 4) is 11.8 Å². The van der Waals surface area contributed by atoms with E-state index < -0.39 is 0 Å². The monoisotopic (exact) mass is 160 g/mol. The summed E-state index contributed by atoms with van der Waals surface area (Å²) in [5, 5.41) is 17.5. The second-order valence-electron chi connectivity index (χ2n) is 2.28. The summed E-state index contributed by atoms with van der Waals surface area (Å²) in [6.07, 6.45) is 0. The molecule has 1 heterocycles. The summed E-state index contributed by atoms with van der Waals surface area (Å²) in [4.78, 5) is 3.80. The minimum absolute atomic E-state index is 0.00981. The maximum atomic E-state index is 9.05. The van der Waals surface area contributed by atoms with Crippen LogP contribution in [0.5, 0.6) is 5.75 Å². The van der Waals surface area contributed by atoms with Crippen molar-refractivity contribution in [3.63, 3.8) is 0 Å². The van der Waals surface area contributed by atoms with Crippen molar-refractivity contribution in [2.75, 3.05) is 0 Å². The smallest absolute Gasteiger partial charge is 0.301 e. The standard InChI is InChI=1S/C8H4N2O2/c9-4-8-10-6-3-5(11)1-2-7(6)12-8/h1-3,11H. The Hall–Kier alpha value is -2.02. The molecule has 0 amide bonds. The Morgan fingerprint density at radius 3 is 3.08 bits per heavy atom. The number of nitrogens with zero attached hydrogens (tertiary/aromatic N) is 2. The van der Waals surface area contributed by atoms with E-state index in [1.165, 1.54) is 12.1 Å². The fourth-order valence-electron chi connectivity index (χ4n) is 0.964. The molecule has 0 unspecified atom stereocenters. The Bertz CT molecular complexity index is 467. The van der Waals surface area contributed by atoms with Crippen LogP contribution in [0.2, 0.25) is 0 Å². The number of fused-ring (bicyclic) bond motifs is 1. The normalized spacial score (nSPS) is 9.92. The van der Waals surface area contributed by atoms with Gasteiger partial charge in [0.15, 0.2) is 11.7 Å². The summed E-state index contributed by atoms with van der Waals surface area (Å²) in [7, 11) is 0. The van der Waals surface area contributed by atoms with E-state index in [9.17, 15) is 0 Å². The quantitative estimate of drug-likeness (QED) is 0.632. The molecule has 0 saturated heterocycles. The first-order chi connectivity index (χ1) is 5.79. The van der Waals surface area contributed by atoms with Crippen LogP contribution in [0.25, 0.3) is 11.1 Å². The number of oxazole rings is 1. The minimum Gasteiger partial charge on any atom is -0.508 e. The number of aromatic hydroxyl groups is 1. The van der Waals surface area contributed by atoms with Crippen molar-refractivity contribution in [2.45, 2.75) is 0 Å². The first kappa shape index (κ1) is 6.68. The predicted octanol–water partition coefficient (Wildman–Crippen LogP) is 1.41. The molecule has 0 spiro atoms. The third kappa shape index (κ3) is 0.883. The van der Waals surface area contributed by atoms with Crippen molar-refractivity contribution in [3.05, 3.63) is 24.1 Å². The van der Waals surface area contributed by atoms with E-state index in [0.29, 0.717) is 11.1 Å². The molecular weight excluding hydrogens is 156 g/mol. The van der Waals surface area contributed by atoms with Crippen molar-refractivity contribution in [1.82, 2.24) is 4.98 Å². The highest BCUT2D eigenvalue weighted by Gasteiger charge is 2.04. The molecule has 0 aliphatic rings. The average Bonchev–Trinajstić information content (AvgIpc) is 2.46. The molecule has 0 aliphatic heterocycles. The summed E-state index contributed by atoms with van der Waals surface area (Å²) in [5.41, 5.74) is 0.996. The number of rotatable bonds is 0. The van der Waals surface area contributed by atoms with E-state index in [1.54, 1.807) is 12.1 Å². The van der Waals surface area contributed by atoms with E-state index in [1.807, 2.05) is 0 Å². The van der Waals surface area contributed by atoms with Crippen LogP contribution in [0.3, 0.4) is 0 Å².